The summed E-state index contributed by atoms with van der Waals surface area (Å²) in [7, 11) is 0. The van der Waals surface area contributed by atoms with E-state index in [1.165, 1.54) is 18.2 Å². The van der Waals surface area contributed by atoms with Gasteiger partial charge in [-0.1, -0.05) is 38.1 Å². The zero-order chi connectivity index (χ0) is 22.3. The van der Waals surface area contributed by atoms with Crippen LogP contribution in [0.15, 0.2) is 48.5 Å². The lowest BCUT2D eigenvalue weighted by Gasteiger charge is -2.27. The molecule has 0 radical (unpaired) electrons. The standard InChI is InChI=1S/C22H19F2N3O4/c1-12(2)18(27-19(28)13-7-3-4-8-14(13)20(27)29)21(30)31-11-17-25-15-9-5-6-10-16(15)26(17)22(23)24/h3-10,12,18,22H,11H2,1-2H3/t18-/m0/s1. The Bertz CT molecular complexity index is 1150. The van der Waals surface area contributed by atoms with Gasteiger partial charge < -0.3 is 4.74 Å². The van der Waals surface area contributed by atoms with Crippen molar-refractivity contribution >= 4 is 28.8 Å². The molecule has 0 unspecified atom stereocenters. The Morgan fingerprint density at radius 3 is 2.16 bits per heavy atom. The van der Waals surface area contributed by atoms with Gasteiger partial charge >= 0.3 is 12.5 Å². The van der Waals surface area contributed by atoms with Crippen LogP contribution in [-0.2, 0) is 16.1 Å². The van der Waals surface area contributed by atoms with Crippen LogP contribution in [0.1, 0.15) is 46.9 Å². The van der Waals surface area contributed by atoms with Gasteiger partial charge in [-0.15, -0.1) is 0 Å². The van der Waals surface area contributed by atoms with Crippen LogP contribution in [0.2, 0.25) is 0 Å². The predicted octanol–water partition coefficient (Wildman–Crippen LogP) is 3.80. The number of fused-ring (bicyclic) bond motifs is 2. The van der Waals surface area contributed by atoms with E-state index < -0.39 is 42.9 Å². The summed E-state index contributed by atoms with van der Waals surface area (Å²) in [5, 5.41) is 0. The van der Waals surface area contributed by atoms with E-state index in [9.17, 15) is 23.2 Å². The number of ether oxygens (including phenoxy) is 1. The zero-order valence-corrected chi connectivity index (χ0v) is 16.8. The van der Waals surface area contributed by atoms with Gasteiger partial charge in [0.05, 0.1) is 22.2 Å². The van der Waals surface area contributed by atoms with Crippen LogP contribution in [0.3, 0.4) is 0 Å². The molecule has 1 aromatic heterocycles. The molecular weight excluding hydrogens is 408 g/mol. The maximum absolute atomic E-state index is 13.6. The van der Waals surface area contributed by atoms with E-state index >= 15 is 0 Å². The van der Waals surface area contributed by atoms with Crippen LogP contribution in [0.5, 0.6) is 0 Å². The molecule has 0 saturated heterocycles. The highest BCUT2D eigenvalue weighted by Crippen LogP contribution is 2.28. The van der Waals surface area contributed by atoms with Gasteiger partial charge in [0.1, 0.15) is 12.6 Å². The number of amides is 2. The van der Waals surface area contributed by atoms with E-state index in [1.807, 2.05) is 0 Å². The number of para-hydroxylation sites is 2. The molecule has 0 N–H and O–H groups in total. The fourth-order valence-corrected chi connectivity index (χ4v) is 3.77. The number of halogens is 2. The SMILES string of the molecule is CC(C)[C@@H](C(=O)OCc1nc2ccccc2n1C(F)F)N1C(=O)c2ccccc2C1=O. The number of esters is 1. The van der Waals surface area contributed by atoms with E-state index in [0.29, 0.717) is 10.1 Å². The molecule has 0 aliphatic carbocycles. The van der Waals surface area contributed by atoms with Gasteiger partial charge in [-0.25, -0.2) is 9.78 Å². The smallest absolute Gasteiger partial charge is 0.330 e. The minimum atomic E-state index is -2.88. The molecule has 0 bridgehead atoms. The number of rotatable bonds is 6. The summed E-state index contributed by atoms with van der Waals surface area (Å²) >= 11 is 0. The van der Waals surface area contributed by atoms with Crippen molar-refractivity contribution < 1.29 is 27.9 Å². The molecule has 2 heterocycles. The molecule has 2 amide bonds. The number of alkyl halides is 2. The highest BCUT2D eigenvalue weighted by molar-refractivity contribution is 6.22. The summed E-state index contributed by atoms with van der Waals surface area (Å²) in [5.41, 5.74) is 0.981. The number of hydrogen-bond donors (Lipinski definition) is 0. The number of imidazole rings is 1. The number of carbonyl (C=O) groups excluding carboxylic acids is 3. The first-order valence-corrected chi connectivity index (χ1v) is 9.68. The normalized spacial score (nSPS) is 14.6. The van der Waals surface area contributed by atoms with Crippen molar-refractivity contribution in [3.63, 3.8) is 0 Å². The molecule has 1 aliphatic heterocycles. The van der Waals surface area contributed by atoms with Crippen molar-refractivity contribution in [1.82, 2.24) is 14.5 Å². The van der Waals surface area contributed by atoms with Crippen LogP contribution in [0.25, 0.3) is 11.0 Å². The molecular formula is C22H19F2N3O4. The molecule has 9 heteroatoms. The summed E-state index contributed by atoms with van der Waals surface area (Å²) in [6.07, 6.45) is 0. The fourth-order valence-electron chi connectivity index (χ4n) is 3.77. The molecule has 7 nitrogen and oxygen atoms in total. The Morgan fingerprint density at radius 1 is 1.00 bits per heavy atom. The lowest BCUT2D eigenvalue weighted by molar-refractivity contribution is -0.151. The topological polar surface area (TPSA) is 81.5 Å². The first-order valence-electron chi connectivity index (χ1n) is 9.68. The summed E-state index contributed by atoms with van der Waals surface area (Å²) in [6.45, 7) is -0.0592. The zero-order valence-electron chi connectivity index (χ0n) is 16.8. The lowest BCUT2D eigenvalue weighted by Crippen LogP contribution is -2.48. The third-order valence-electron chi connectivity index (χ3n) is 5.18. The van der Waals surface area contributed by atoms with E-state index in [2.05, 4.69) is 4.98 Å². The third kappa shape index (κ3) is 3.45. The molecule has 0 spiro atoms. The van der Waals surface area contributed by atoms with Crippen LogP contribution in [0.4, 0.5) is 8.78 Å². The third-order valence-corrected chi connectivity index (χ3v) is 5.18. The molecule has 0 saturated carbocycles. The van der Waals surface area contributed by atoms with Crippen molar-refractivity contribution in [2.24, 2.45) is 5.92 Å². The molecule has 0 fully saturated rings. The van der Waals surface area contributed by atoms with Gasteiger partial charge in [0.25, 0.3) is 11.8 Å². The number of benzene rings is 2. The van der Waals surface area contributed by atoms with E-state index in [-0.39, 0.29) is 22.5 Å². The average molecular weight is 427 g/mol. The highest BCUT2D eigenvalue weighted by Gasteiger charge is 2.44. The van der Waals surface area contributed by atoms with Crippen LogP contribution in [0, 0.1) is 5.92 Å². The lowest BCUT2D eigenvalue weighted by atomic mass is 10.0. The molecule has 1 aliphatic rings. The summed E-state index contributed by atoms with van der Waals surface area (Å²) in [4.78, 5) is 43.5. The second kappa shape index (κ2) is 7.90. The van der Waals surface area contributed by atoms with Gasteiger partial charge in [0.2, 0.25) is 0 Å². The van der Waals surface area contributed by atoms with Gasteiger partial charge in [0.15, 0.2) is 5.82 Å². The Balaban J connectivity index is 1.59. The maximum Gasteiger partial charge on any atom is 0.330 e. The van der Waals surface area contributed by atoms with Gasteiger partial charge in [-0.2, -0.15) is 8.78 Å². The van der Waals surface area contributed by atoms with Gasteiger partial charge in [-0.3, -0.25) is 19.1 Å². The number of aromatic nitrogens is 2. The van der Waals surface area contributed by atoms with E-state index in [1.54, 1.807) is 44.2 Å². The minimum Gasteiger partial charge on any atom is -0.456 e. The van der Waals surface area contributed by atoms with Crippen molar-refractivity contribution in [2.75, 3.05) is 0 Å². The van der Waals surface area contributed by atoms with Crippen molar-refractivity contribution in [3.8, 4) is 0 Å². The second-order valence-corrected chi connectivity index (χ2v) is 7.49. The van der Waals surface area contributed by atoms with Gasteiger partial charge in [-0.05, 0) is 30.2 Å². The monoisotopic (exact) mass is 427 g/mol. The van der Waals surface area contributed by atoms with Crippen LogP contribution in [-0.4, -0.2) is 38.3 Å². The predicted molar refractivity (Wildman–Crippen MR) is 106 cm³/mol. The Labute approximate surface area is 176 Å². The first kappa shape index (κ1) is 20.6. The molecule has 4 rings (SSSR count). The Hall–Kier alpha value is -3.62. The number of imide groups is 1. The van der Waals surface area contributed by atoms with Crippen molar-refractivity contribution in [2.45, 2.75) is 33.0 Å². The highest BCUT2D eigenvalue weighted by atomic mass is 19.3. The molecule has 3 aromatic rings. The fraction of sp³-hybridized carbons (Fsp3) is 0.273. The summed E-state index contributed by atoms with van der Waals surface area (Å²) < 4.78 is 33.1. The Morgan fingerprint density at radius 2 is 1.58 bits per heavy atom. The van der Waals surface area contributed by atoms with Crippen LogP contribution < -0.4 is 0 Å². The molecule has 160 valence electrons. The summed E-state index contributed by atoms with van der Waals surface area (Å²) in [6, 6.07) is 11.4. The quantitative estimate of drug-likeness (QED) is 0.442. The first-order chi connectivity index (χ1) is 14.8. The maximum atomic E-state index is 13.6. The van der Waals surface area contributed by atoms with E-state index in [0.717, 1.165) is 4.90 Å². The number of hydrogen-bond acceptors (Lipinski definition) is 5. The second-order valence-electron chi connectivity index (χ2n) is 7.49. The number of carbonyl (C=O) groups is 3. The molecule has 1 atom stereocenters. The largest absolute Gasteiger partial charge is 0.456 e. The Kier molecular flexibility index (Phi) is 5.26. The molecule has 2 aromatic carbocycles. The van der Waals surface area contributed by atoms with Crippen molar-refractivity contribution in [1.29, 1.82) is 0 Å². The molecule has 31 heavy (non-hydrogen) atoms. The van der Waals surface area contributed by atoms with Gasteiger partial charge in [0, 0.05) is 0 Å². The minimum absolute atomic E-state index is 0.130. The van der Waals surface area contributed by atoms with Crippen molar-refractivity contribution in [3.05, 3.63) is 65.5 Å². The summed E-state index contributed by atoms with van der Waals surface area (Å²) in [5.74, 6) is -2.62. The number of nitrogens with zero attached hydrogens (tertiary/aromatic N) is 3. The van der Waals surface area contributed by atoms with Crippen LogP contribution >= 0.6 is 0 Å². The average Bonchev–Trinajstić information content (AvgIpc) is 3.23. The van der Waals surface area contributed by atoms with E-state index in [4.69, 9.17) is 4.74 Å².